The smallest absolute Gasteiger partial charge is 0.159 e. The van der Waals surface area contributed by atoms with Gasteiger partial charge < -0.3 is 5.73 Å². The fraction of sp³-hybridized carbons (Fsp3) is 0.227. The first-order valence-corrected chi connectivity index (χ1v) is 9.69. The van der Waals surface area contributed by atoms with E-state index in [1.165, 1.54) is 21.9 Å². The molecule has 2 nitrogen and oxygen atoms in total. The van der Waals surface area contributed by atoms with Crippen LogP contribution in [0.15, 0.2) is 71.7 Å². The van der Waals surface area contributed by atoms with Crippen molar-refractivity contribution >= 4 is 33.4 Å². The maximum Gasteiger partial charge on any atom is 0.159 e. The Bertz CT molecular complexity index is 863. The van der Waals surface area contributed by atoms with E-state index >= 15 is 0 Å². The van der Waals surface area contributed by atoms with Crippen LogP contribution in [-0.2, 0) is 5.75 Å². The van der Waals surface area contributed by atoms with Crippen molar-refractivity contribution in [1.82, 2.24) is 0 Å². The maximum atomic E-state index is 6.13. The molecule has 128 valence electrons. The van der Waals surface area contributed by atoms with Crippen molar-refractivity contribution in [2.24, 2.45) is 10.7 Å². The van der Waals surface area contributed by atoms with Crippen molar-refractivity contribution < 1.29 is 0 Å². The minimum Gasteiger partial charge on any atom is -0.378 e. The molecule has 0 saturated carbocycles. The van der Waals surface area contributed by atoms with Gasteiger partial charge in [0.15, 0.2) is 5.17 Å². The van der Waals surface area contributed by atoms with E-state index in [0.717, 1.165) is 17.9 Å². The summed E-state index contributed by atoms with van der Waals surface area (Å²) in [6.07, 6.45) is 1.14. The predicted octanol–water partition coefficient (Wildman–Crippen LogP) is 6.23. The molecule has 25 heavy (non-hydrogen) atoms. The summed E-state index contributed by atoms with van der Waals surface area (Å²) < 4.78 is 0. The quantitative estimate of drug-likeness (QED) is 0.438. The van der Waals surface area contributed by atoms with Crippen LogP contribution in [0.5, 0.6) is 0 Å². The Morgan fingerprint density at radius 1 is 1.00 bits per heavy atom. The van der Waals surface area contributed by atoms with Gasteiger partial charge in [0.2, 0.25) is 0 Å². The third-order valence-electron chi connectivity index (χ3n) is 4.57. The minimum atomic E-state index is 0.580. The zero-order valence-corrected chi connectivity index (χ0v) is 15.6. The second-order valence-corrected chi connectivity index (χ2v) is 7.27. The van der Waals surface area contributed by atoms with Crippen molar-refractivity contribution in [3.63, 3.8) is 0 Å². The van der Waals surface area contributed by atoms with Crippen molar-refractivity contribution in [1.29, 1.82) is 0 Å². The van der Waals surface area contributed by atoms with Crippen molar-refractivity contribution in [3.8, 4) is 0 Å². The average Bonchev–Trinajstić information content (AvgIpc) is 2.66. The van der Waals surface area contributed by atoms with Gasteiger partial charge in [-0.3, -0.25) is 0 Å². The van der Waals surface area contributed by atoms with Crippen LogP contribution < -0.4 is 5.73 Å². The van der Waals surface area contributed by atoms with Gasteiger partial charge in [-0.1, -0.05) is 80.2 Å². The van der Waals surface area contributed by atoms with Gasteiger partial charge in [-0.15, -0.1) is 0 Å². The zero-order valence-electron chi connectivity index (χ0n) is 14.8. The summed E-state index contributed by atoms with van der Waals surface area (Å²) in [6, 6.07) is 23.2. The number of hydrogen-bond acceptors (Lipinski definition) is 2. The summed E-state index contributed by atoms with van der Waals surface area (Å²) in [7, 11) is 0. The predicted molar refractivity (Wildman–Crippen MR) is 112 cm³/mol. The number of hydrogen-bond donors (Lipinski definition) is 1. The van der Waals surface area contributed by atoms with Crippen LogP contribution >= 0.6 is 11.8 Å². The van der Waals surface area contributed by atoms with Crippen LogP contribution in [0.25, 0.3) is 10.8 Å². The van der Waals surface area contributed by atoms with Gasteiger partial charge in [0.25, 0.3) is 0 Å². The topological polar surface area (TPSA) is 38.4 Å². The van der Waals surface area contributed by atoms with Crippen LogP contribution in [0, 0.1) is 0 Å². The summed E-state index contributed by atoms with van der Waals surface area (Å²) in [5, 5.41) is 3.14. The number of nitrogens with two attached hydrogens (primary N) is 1. The lowest BCUT2D eigenvalue weighted by Crippen LogP contribution is -2.06. The molecule has 0 fully saturated rings. The highest BCUT2D eigenvalue weighted by molar-refractivity contribution is 8.13. The molecule has 0 unspecified atom stereocenters. The molecule has 2 N–H and O–H groups in total. The molecule has 0 radical (unpaired) electrons. The van der Waals surface area contributed by atoms with Gasteiger partial charge >= 0.3 is 0 Å². The van der Waals surface area contributed by atoms with Gasteiger partial charge in [0, 0.05) is 5.75 Å². The average molecular weight is 349 g/mol. The number of rotatable bonds is 5. The van der Waals surface area contributed by atoms with E-state index in [1.807, 2.05) is 12.1 Å². The van der Waals surface area contributed by atoms with E-state index in [9.17, 15) is 0 Å². The molecular formula is C22H24N2S. The molecular weight excluding hydrogens is 324 g/mol. The number of fused-ring (bicyclic) bond motifs is 1. The minimum absolute atomic E-state index is 0.580. The molecule has 0 aromatic heterocycles. The van der Waals surface area contributed by atoms with E-state index in [4.69, 9.17) is 5.73 Å². The molecule has 0 saturated heterocycles. The number of benzene rings is 3. The molecule has 0 aliphatic heterocycles. The van der Waals surface area contributed by atoms with Crippen LogP contribution in [-0.4, -0.2) is 5.17 Å². The van der Waals surface area contributed by atoms with E-state index in [2.05, 4.69) is 73.4 Å². The largest absolute Gasteiger partial charge is 0.378 e. The fourth-order valence-corrected chi connectivity index (χ4v) is 3.57. The standard InChI is InChI=1S/C22H24N2S/c1-3-16(2)17-11-13-20(14-12-17)24-22(23)25-15-19-9-6-8-18-7-4-5-10-21(18)19/h4-14,16H,3,15H2,1-2H3,(H2,23,24)/t16-/m0/s1. The third-order valence-corrected chi connectivity index (χ3v) is 5.41. The van der Waals surface area contributed by atoms with Gasteiger partial charge in [-0.25, -0.2) is 4.99 Å². The summed E-state index contributed by atoms with van der Waals surface area (Å²) in [4.78, 5) is 4.54. The molecule has 0 amide bonds. The van der Waals surface area contributed by atoms with Crippen LogP contribution in [0.2, 0.25) is 0 Å². The van der Waals surface area contributed by atoms with E-state index in [-0.39, 0.29) is 0 Å². The van der Waals surface area contributed by atoms with Crippen molar-refractivity contribution in [2.45, 2.75) is 31.9 Å². The number of amidine groups is 1. The first kappa shape index (κ1) is 17.6. The molecule has 0 aliphatic rings. The number of aliphatic imine (C=N–C) groups is 1. The molecule has 1 atom stereocenters. The monoisotopic (exact) mass is 348 g/mol. The lowest BCUT2D eigenvalue weighted by atomic mass is 9.99. The highest BCUT2D eigenvalue weighted by Crippen LogP contribution is 2.25. The number of nitrogens with zero attached hydrogens (tertiary/aromatic N) is 1. The Morgan fingerprint density at radius 2 is 1.72 bits per heavy atom. The summed E-state index contributed by atoms with van der Waals surface area (Å²) in [5.41, 5.74) is 9.68. The Morgan fingerprint density at radius 3 is 2.48 bits per heavy atom. The van der Waals surface area contributed by atoms with E-state index < -0.39 is 0 Å². The normalized spacial score (nSPS) is 13.1. The fourth-order valence-electron chi connectivity index (χ4n) is 2.84. The SMILES string of the molecule is CC[C@H](C)c1ccc(N=C(N)SCc2cccc3ccccc23)cc1. The highest BCUT2D eigenvalue weighted by Gasteiger charge is 2.04. The molecule has 3 heteroatoms. The Kier molecular flexibility index (Phi) is 5.77. The third kappa shape index (κ3) is 4.43. The van der Waals surface area contributed by atoms with E-state index in [0.29, 0.717) is 11.1 Å². The van der Waals surface area contributed by atoms with E-state index in [1.54, 1.807) is 11.8 Å². The lowest BCUT2D eigenvalue weighted by molar-refractivity contribution is 0.734. The lowest BCUT2D eigenvalue weighted by Gasteiger charge is -2.09. The van der Waals surface area contributed by atoms with Crippen LogP contribution in [0.3, 0.4) is 0 Å². The van der Waals surface area contributed by atoms with Crippen molar-refractivity contribution in [3.05, 3.63) is 77.9 Å². The van der Waals surface area contributed by atoms with Crippen molar-refractivity contribution in [2.75, 3.05) is 0 Å². The molecule has 3 aromatic carbocycles. The second-order valence-electron chi connectivity index (χ2n) is 6.28. The highest BCUT2D eigenvalue weighted by atomic mass is 32.2. The van der Waals surface area contributed by atoms with Gasteiger partial charge in [-0.05, 0) is 46.4 Å². The molecule has 0 spiro atoms. The second kappa shape index (κ2) is 8.21. The van der Waals surface area contributed by atoms with Gasteiger partial charge in [-0.2, -0.15) is 0 Å². The molecule has 0 heterocycles. The van der Waals surface area contributed by atoms with Gasteiger partial charge in [0.1, 0.15) is 0 Å². The summed E-state index contributed by atoms with van der Waals surface area (Å²) >= 11 is 1.58. The maximum absolute atomic E-state index is 6.13. The Labute approximate surface area is 154 Å². The molecule has 3 rings (SSSR count). The molecule has 0 aliphatic carbocycles. The van der Waals surface area contributed by atoms with Crippen LogP contribution in [0.4, 0.5) is 5.69 Å². The van der Waals surface area contributed by atoms with Gasteiger partial charge in [0.05, 0.1) is 5.69 Å². The number of thioether (sulfide) groups is 1. The first-order valence-electron chi connectivity index (χ1n) is 8.71. The summed E-state index contributed by atoms with van der Waals surface area (Å²) in [5.74, 6) is 1.40. The first-order chi connectivity index (χ1) is 12.2. The zero-order chi connectivity index (χ0) is 17.6. The summed E-state index contributed by atoms with van der Waals surface area (Å²) in [6.45, 7) is 4.45. The Balaban J connectivity index is 1.69. The molecule has 3 aromatic rings. The Hall–Kier alpha value is -2.26. The molecule has 0 bridgehead atoms. The van der Waals surface area contributed by atoms with Crippen LogP contribution in [0.1, 0.15) is 37.3 Å².